The van der Waals surface area contributed by atoms with Crippen LogP contribution in [0.2, 0.25) is 0 Å². The number of benzene rings is 3. The number of hydrogen-bond acceptors (Lipinski definition) is 5. The minimum atomic E-state index is -0.661. The summed E-state index contributed by atoms with van der Waals surface area (Å²) in [5.74, 6) is -0.929. The lowest BCUT2D eigenvalue weighted by Crippen LogP contribution is -2.34. The van der Waals surface area contributed by atoms with Crippen LogP contribution in [0.5, 0.6) is 0 Å². The maximum absolute atomic E-state index is 12.0. The molecule has 6 heteroatoms. The Morgan fingerprint density at radius 2 is 1.09 bits per heavy atom. The van der Waals surface area contributed by atoms with Crippen LogP contribution in [-0.4, -0.2) is 37.2 Å². The molecule has 0 aliphatic heterocycles. The van der Waals surface area contributed by atoms with Gasteiger partial charge in [-0.15, -0.1) is 0 Å². The lowest BCUT2D eigenvalue weighted by molar-refractivity contribution is -0.147. The zero-order valence-corrected chi connectivity index (χ0v) is 26.3. The first kappa shape index (κ1) is 33.6. The molecule has 0 spiro atoms. The predicted molar refractivity (Wildman–Crippen MR) is 169 cm³/mol. The second-order valence-electron chi connectivity index (χ2n) is 11.9. The third kappa shape index (κ3) is 8.56. The molecule has 0 radical (unpaired) electrons. The number of aryl methyl sites for hydroxylation is 3. The highest BCUT2D eigenvalue weighted by atomic mass is 16.5. The molecule has 2 aliphatic carbocycles. The van der Waals surface area contributed by atoms with E-state index in [1.807, 2.05) is 68.4 Å². The zero-order chi connectivity index (χ0) is 31.5. The zero-order valence-electron chi connectivity index (χ0n) is 26.3. The van der Waals surface area contributed by atoms with E-state index in [0.29, 0.717) is 6.42 Å². The van der Waals surface area contributed by atoms with Crippen molar-refractivity contribution in [2.45, 2.75) is 89.4 Å². The number of ether oxygens (including phenoxy) is 2. The molecule has 0 atom stereocenters. The standard InChI is InChI=1S/C14H18O2.C13H16O2.C10H12O2/c1-11-6-5-7-12(10-11)14(13(15)16-2)8-3-4-9-14;1-10-5-4-6-11(9-10)13(12(14)15)7-2-3-8-13;1-8-4-3-5-9(6-8)7-10(11)12-2/h5-7,10H,3-4,8-9H2,1-2H3;4-6,9H,2-3,7-8H2,1H3,(H,14,15);3-6H,7H2,1-2H3. The van der Waals surface area contributed by atoms with Crippen LogP contribution >= 0.6 is 0 Å². The topological polar surface area (TPSA) is 89.9 Å². The van der Waals surface area contributed by atoms with Crippen molar-refractivity contribution in [2.75, 3.05) is 14.2 Å². The van der Waals surface area contributed by atoms with Gasteiger partial charge in [-0.3, -0.25) is 14.4 Å². The van der Waals surface area contributed by atoms with Crippen LogP contribution in [0.3, 0.4) is 0 Å². The number of methoxy groups -OCH3 is 2. The Bertz CT molecular complexity index is 1380. The molecular weight excluding hydrogens is 540 g/mol. The molecule has 6 nitrogen and oxygen atoms in total. The number of carbonyl (C=O) groups is 3. The summed E-state index contributed by atoms with van der Waals surface area (Å²) >= 11 is 0. The number of carboxylic acids is 1. The van der Waals surface area contributed by atoms with Gasteiger partial charge in [0.05, 0.1) is 31.5 Å². The molecule has 2 saturated carbocycles. The van der Waals surface area contributed by atoms with Crippen LogP contribution in [0.15, 0.2) is 72.8 Å². The third-order valence-corrected chi connectivity index (χ3v) is 8.70. The summed E-state index contributed by atoms with van der Waals surface area (Å²) in [5, 5.41) is 9.41. The SMILES string of the molecule is COC(=O)C1(c2cccc(C)c2)CCCC1.COC(=O)Cc1cccc(C)c1.Cc1cccc(C2(C(=O)O)CCCC2)c1. The molecule has 5 rings (SSSR count). The monoisotopic (exact) mass is 586 g/mol. The Balaban J connectivity index is 0.000000179. The number of aliphatic carboxylic acids is 1. The van der Waals surface area contributed by atoms with E-state index in [4.69, 9.17) is 4.74 Å². The van der Waals surface area contributed by atoms with Gasteiger partial charge >= 0.3 is 17.9 Å². The van der Waals surface area contributed by atoms with Gasteiger partial charge in [-0.2, -0.15) is 0 Å². The van der Waals surface area contributed by atoms with Crippen molar-refractivity contribution in [1.29, 1.82) is 0 Å². The summed E-state index contributed by atoms with van der Waals surface area (Å²) in [6.45, 7) is 6.07. The van der Waals surface area contributed by atoms with Gasteiger partial charge in [0.1, 0.15) is 0 Å². The second kappa shape index (κ2) is 15.5. The molecule has 2 fully saturated rings. The van der Waals surface area contributed by atoms with Crippen LogP contribution in [0.1, 0.15) is 84.7 Å². The second-order valence-corrected chi connectivity index (χ2v) is 11.9. The lowest BCUT2D eigenvalue weighted by Gasteiger charge is -2.26. The fraction of sp³-hybridized carbons (Fsp3) is 0.432. The lowest BCUT2D eigenvalue weighted by atomic mass is 9.78. The first-order valence-electron chi connectivity index (χ1n) is 15.1. The highest BCUT2D eigenvalue weighted by Gasteiger charge is 2.44. The van der Waals surface area contributed by atoms with Gasteiger partial charge in [-0.05, 0) is 63.1 Å². The van der Waals surface area contributed by atoms with Gasteiger partial charge < -0.3 is 14.6 Å². The fourth-order valence-electron chi connectivity index (χ4n) is 6.34. The molecule has 1 N–H and O–H groups in total. The molecule has 2 aliphatic rings. The number of hydrogen-bond donors (Lipinski definition) is 1. The van der Waals surface area contributed by atoms with Crippen LogP contribution in [-0.2, 0) is 41.1 Å². The average molecular weight is 587 g/mol. The Morgan fingerprint density at radius 3 is 1.51 bits per heavy atom. The molecule has 0 heterocycles. The Hall–Kier alpha value is -3.93. The van der Waals surface area contributed by atoms with E-state index >= 15 is 0 Å². The van der Waals surface area contributed by atoms with Gasteiger partial charge in [0.15, 0.2) is 0 Å². The van der Waals surface area contributed by atoms with Gasteiger partial charge in [-0.25, -0.2) is 0 Å². The highest BCUT2D eigenvalue weighted by molar-refractivity contribution is 5.83. The molecule has 0 saturated heterocycles. The smallest absolute Gasteiger partial charge is 0.316 e. The largest absolute Gasteiger partial charge is 0.481 e. The summed E-state index contributed by atoms with van der Waals surface area (Å²) < 4.78 is 9.55. The summed E-state index contributed by atoms with van der Waals surface area (Å²) in [4.78, 5) is 34.3. The Morgan fingerprint density at radius 1 is 0.651 bits per heavy atom. The van der Waals surface area contributed by atoms with E-state index < -0.39 is 11.4 Å². The van der Waals surface area contributed by atoms with Crippen LogP contribution in [0.4, 0.5) is 0 Å². The van der Waals surface area contributed by atoms with Crippen LogP contribution in [0.25, 0.3) is 0 Å². The molecule has 3 aromatic carbocycles. The van der Waals surface area contributed by atoms with Crippen molar-refractivity contribution in [3.05, 3.63) is 106 Å². The highest BCUT2D eigenvalue weighted by Crippen LogP contribution is 2.43. The number of carbonyl (C=O) groups excluding carboxylic acids is 2. The van der Waals surface area contributed by atoms with Gasteiger partial charge in [0, 0.05) is 0 Å². The average Bonchev–Trinajstić information content (AvgIpc) is 3.70. The normalized spacial score (nSPS) is 16.1. The van der Waals surface area contributed by atoms with Crippen molar-refractivity contribution in [3.8, 4) is 0 Å². The molecule has 230 valence electrons. The first-order valence-corrected chi connectivity index (χ1v) is 15.1. The fourth-order valence-corrected chi connectivity index (χ4v) is 6.34. The van der Waals surface area contributed by atoms with E-state index in [1.165, 1.54) is 19.8 Å². The maximum Gasteiger partial charge on any atom is 0.316 e. The molecule has 0 unspecified atom stereocenters. The predicted octanol–water partition coefficient (Wildman–Crippen LogP) is 7.58. The van der Waals surface area contributed by atoms with Gasteiger partial charge in [0.25, 0.3) is 0 Å². The molecule has 0 amide bonds. The van der Waals surface area contributed by atoms with Crippen LogP contribution in [0, 0.1) is 20.8 Å². The van der Waals surface area contributed by atoms with Crippen molar-refractivity contribution in [3.63, 3.8) is 0 Å². The molecule has 3 aromatic rings. The summed E-state index contributed by atoms with van der Waals surface area (Å²) in [6, 6.07) is 24.0. The first-order chi connectivity index (χ1) is 20.6. The summed E-state index contributed by atoms with van der Waals surface area (Å²) in [6.07, 6.45) is 8.05. The minimum absolute atomic E-state index is 0.0735. The number of carboxylic acid groups (broad SMARTS) is 1. The van der Waals surface area contributed by atoms with E-state index in [-0.39, 0.29) is 17.4 Å². The quantitative estimate of drug-likeness (QED) is 0.300. The van der Waals surface area contributed by atoms with E-state index in [9.17, 15) is 19.5 Å². The number of esters is 2. The Labute approximate surface area is 256 Å². The van der Waals surface area contributed by atoms with Gasteiger partial charge in [0.2, 0.25) is 0 Å². The molecular formula is C37H46O6. The van der Waals surface area contributed by atoms with E-state index in [2.05, 4.69) is 29.9 Å². The van der Waals surface area contributed by atoms with Gasteiger partial charge in [-0.1, -0.05) is 115 Å². The summed E-state index contributed by atoms with van der Waals surface area (Å²) in [5.41, 5.74) is 5.63. The Kier molecular flexibility index (Phi) is 12.1. The van der Waals surface area contributed by atoms with E-state index in [0.717, 1.165) is 79.2 Å². The van der Waals surface area contributed by atoms with Crippen molar-refractivity contribution < 1.29 is 29.0 Å². The van der Waals surface area contributed by atoms with Crippen molar-refractivity contribution >= 4 is 17.9 Å². The molecule has 0 aromatic heterocycles. The maximum atomic E-state index is 12.0. The summed E-state index contributed by atoms with van der Waals surface area (Å²) in [7, 11) is 2.89. The minimum Gasteiger partial charge on any atom is -0.481 e. The van der Waals surface area contributed by atoms with E-state index in [1.54, 1.807) is 0 Å². The van der Waals surface area contributed by atoms with Crippen molar-refractivity contribution in [1.82, 2.24) is 0 Å². The third-order valence-electron chi connectivity index (χ3n) is 8.70. The van der Waals surface area contributed by atoms with Crippen molar-refractivity contribution in [2.24, 2.45) is 0 Å². The van der Waals surface area contributed by atoms with Crippen LogP contribution < -0.4 is 0 Å². The molecule has 43 heavy (non-hydrogen) atoms. The molecule has 0 bridgehead atoms. The number of rotatable bonds is 6.